The van der Waals surface area contributed by atoms with Crippen LogP contribution in [0.5, 0.6) is 0 Å². The molecule has 2 aromatic rings. The van der Waals surface area contributed by atoms with E-state index in [0.717, 1.165) is 15.6 Å². The SMILES string of the molecule is C/C(=N\NS(=O)(=O)c1ccc(Br)cc1)c1cccc(C)c1. The molecule has 21 heavy (non-hydrogen) atoms. The number of hydrogen-bond acceptors (Lipinski definition) is 3. The van der Waals surface area contributed by atoms with Crippen LogP contribution in [0.1, 0.15) is 18.1 Å². The minimum Gasteiger partial charge on any atom is -0.200 e. The average Bonchev–Trinajstić information content (AvgIpc) is 2.45. The highest BCUT2D eigenvalue weighted by molar-refractivity contribution is 9.10. The topological polar surface area (TPSA) is 58.5 Å². The van der Waals surface area contributed by atoms with E-state index in [0.29, 0.717) is 5.71 Å². The van der Waals surface area contributed by atoms with Gasteiger partial charge in [0.25, 0.3) is 10.0 Å². The Balaban J connectivity index is 2.21. The normalized spacial score (nSPS) is 12.2. The minimum atomic E-state index is -3.65. The molecule has 0 unspecified atom stereocenters. The van der Waals surface area contributed by atoms with Crippen molar-refractivity contribution < 1.29 is 8.42 Å². The Kier molecular flexibility index (Phi) is 4.80. The Morgan fingerprint density at radius 2 is 1.81 bits per heavy atom. The van der Waals surface area contributed by atoms with Crippen LogP contribution in [0, 0.1) is 6.92 Å². The largest absolute Gasteiger partial charge is 0.276 e. The zero-order chi connectivity index (χ0) is 15.5. The summed E-state index contributed by atoms with van der Waals surface area (Å²) in [5.41, 5.74) is 2.59. The molecule has 0 aliphatic rings. The van der Waals surface area contributed by atoms with Crippen molar-refractivity contribution in [3.63, 3.8) is 0 Å². The van der Waals surface area contributed by atoms with Gasteiger partial charge in [0.2, 0.25) is 0 Å². The number of rotatable bonds is 4. The molecule has 0 aliphatic carbocycles. The van der Waals surface area contributed by atoms with E-state index in [1.54, 1.807) is 19.1 Å². The van der Waals surface area contributed by atoms with Crippen LogP contribution in [-0.4, -0.2) is 14.1 Å². The molecule has 2 rings (SSSR count). The first kappa shape index (κ1) is 15.7. The molecule has 0 fully saturated rings. The fourth-order valence-electron chi connectivity index (χ4n) is 1.73. The van der Waals surface area contributed by atoms with Gasteiger partial charge >= 0.3 is 0 Å². The molecule has 0 radical (unpaired) electrons. The zero-order valence-electron chi connectivity index (χ0n) is 11.7. The Morgan fingerprint density at radius 1 is 1.14 bits per heavy atom. The lowest BCUT2D eigenvalue weighted by Gasteiger charge is -2.06. The van der Waals surface area contributed by atoms with Crippen LogP contribution < -0.4 is 4.83 Å². The number of sulfonamides is 1. The van der Waals surface area contributed by atoms with E-state index in [-0.39, 0.29) is 4.90 Å². The molecule has 6 heteroatoms. The summed E-state index contributed by atoms with van der Waals surface area (Å²) in [6.07, 6.45) is 0. The maximum atomic E-state index is 12.1. The molecular weight excluding hydrogens is 352 g/mol. The van der Waals surface area contributed by atoms with E-state index in [4.69, 9.17) is 0 Å². The highest BCUT2D eigenvalue weighted by atomic mass is 79.9. The number of halogens is 1. The predicted molar refractivity (Wildman–Crippen MR) is 87.9 cm³/mol. The number of hydrazone groups is 1. The molecular formula is C15H15BrN2O2S. The fraction of sp³-hybridized carbons (Fsp3) is 0.133. The van der Waals surface area contributed by atoms with Gasteiger partial charge in [0.05, 0.1) is 10.6 Å². The standard InChI is InChI=1S/C15H15BrN2O2S/c1-11-4-3-5-13(10-11)12(2)17-18-21(19,20)15-8-6-14(16)7-9-15/h3-10,18H,1-2H3/b17-12+. The molecule has 0 spiro atoms. The molecule has 0 saturated heterocycles. The Bertz CT molecular complexity index is 769. The van der Waals surface area contributed by atoms with E-state index in [1.165, 1.54) is 12.1 Å². The van der Waals surface area contributed by atoms with Crippen molar-refractivity contribution >= 4 is 31.7 Å². The third-order valence-electron chi connectivity index (χ3n) is 2.89. The summed E-state index contributed by atoms with van der Waals surface area (Å²) in [6.45, 7) is 3.74. The van der Waals surface area contributed by atoms with Crippen LogP contribution in [0.3, 0.4) is 0 Å². The Hall–Kier alpha value is -1.66. The molecule has 0 heterocycles. The van der Waals surface area contributed by atoms with Gasteiger partial charge in [-0.3, -0.25) is 0 Å². The van der Waals surface area contributed by atoms with Crippen molar-refractivity contribution in [1.29, 1.82) is 0 Å². The van der Waals surface area contributed by atoms with Crippen molar-refractivity contribution in [2.24, 2.45) is 5.10 Å². The van der Waals surface area contributed by atoms with E-state index < -0.39 is 10.0 Å². The van der Waals surface area contributed by atoms with Crippen LogP contribution in [0.4, 0.5) is 0 Å². The second-order valence-corrected chi connectivity index (χ2v) is 7.19. The second kappa shape index (κ2) is 6.41. The molecule has 0 bridgehead atoms. The lowest BCUT2D eigenvalue weighted by Crippen LogP contribution is -2.19. The number of aryl methyl sites for hydroxylation is 1. The average molecular weight is 367 g/mol. The molecule has 2 aromatic carbocycles. The number of nitrogens with zero attached hydrogens (tertiary/aromatic N) is 1. The molecule has 110 valence electrons. The van der Waals surface area contributed by atoms with Crippen LogP contribution in [0.2, 0.25) is 0 Å². The molecule has 0 amide bonds. The van der Waals surface area contributed by atoms with Gasteiger partial charge in [0.1, 0.15) is 0 Å². The van der Waals surface area contributed by atoms with Crippen LogP contribution >= 0.6 is 15.9 Å². The highest BCUT2D eigenvalue weighted by Crippen LogP contribution is 2.14. The van der Waals surface area contributed by atoms with Crippen LogP contribution in [0.25, 0.3) is 0 Å². The number of nitrogens with one attached hydrogen (secondary N) is 1. The van der Waals surface area contributed by atoms with Crippen LogP contribution in [0.15, 0.2) is 63.0 Å². The summed E-state index contributed by atoms with van der Waals surface area (Å²) >= 11 is 3.27. The molecule has 0 atom stereocenters. The van der Waals surface area contributed by atoms with Crippen LogP contribution in [-0.2, 0) is 10.0 Å². The van der Waals surface area contributed by atoms with Crippen molar-refractivity contribution in [2.75, 3.05) is 0 Å². The van der Waals surface area contributed by atoms with Crippen molar-refractivity contribution in [3.8, 4) is 0 Å². The third kappa shape index (κ3) is 4.15. The van der Waals surface area contributed by atoms with E-state index in [9.17, 15) is 8.42 Å². The van der Waals surface area contributed by atoms with Crippen molar-refractivity contribution in [3.05, 3.63) is 64.1 Å². The summed E-state index contributed by atoms with van der Waals surface area (Å²) in [5, 5.41) is 3.97. The second-order valence-electron chi connectivity index (χ2n) is 4.62. The van der Waals surface area contributed by atoms with Gasteiger partial charge in [-0.1, -0.05) is 45.8 Å². The number of hydrogen-bond donors (Lipinski definition) is 1. The van der Waals surface area contributed by atoms with Gasteiger partial charge < -0.3 is 0 Å². The van der Waals surface area contributed by atoms with E-state index in [1.807, 2.05) is 31.2 Å². The van der Waals surface area contributed by atoms with Gasteiger partial charge in [0.15, 0.2) is 0 Å². The van der Waals surface area contributed by atoms with Crippen molar-refractivity contribution in [1.82, 2.24) is 4.83 Å². The smallest absolute Gasteiger partial charge is 0.200 e. The van der Waals surface area contributed by atoms with Gasteiger partial charge in [-0.15, -0.1) is 0 Å². The fourth-order valence-corrected chi connectivity index (χ4v) is 2.85. The van der Waals surface area contributed by atoms with Gasteiger partial charge in [-0.05, 0) is 43.7 Å². The Morgan fingerprint density at radius 3 is 2.43 bits per heavy atom. The summed E-state index contributed by atoms with van der Waals surface area (Å²) in [6, 6.07) is 14.1. The van der Waals surface area contributed by atoms with Gasteiger partial charge in [-0.2, -0.15) is 18.4 Å². The van der Waals surface area contributed by atoms with Crippen molar-refractivity contribution in [2.45, 2.75) is 18.7 Å². The molecule has 1 N–H and O–H groups in total. The molecule has 4 nitrogen and oxygen atoms in total. The minimum absolute atomic E-state index is 0.173. The highest BCUT2D eigenvalue weighted by Gasteiger charge is 2.12. The summed E-state index contributed by atoms with van der Waals surface area (Å²) in [5.74, 6) is 0. The summed E-state index contributed by atoms with van der Waals surface area (Å²) in [4.78, 5) is 2.43. The summed E-state index contributed by atoms with van der Waals surface area (Å²) < 4.78 is 25.0. The van der Waals surface area contributed by atoms with E-state index >= 15 is 0 Å². The predicted octanol–water partition coefficient (Wildman–Crippen LogP) is 3.46. The molecule has 0 aliphatic heterocycles. The maximum Gasteiger partial charge on any atom is 0.276 e. The Labute approximate surface area is 133 Å². The lowest BCUT2D eigenvalue weighted by atomic mass is 10.1. The molecule has 0 aromatic heterocycles. The van der Waals surface area contributed by atoms with Gasteiger partial charge in [-0.25, -0.2) is 0 Å². The molecule has 0 saturated carbocycles. The zero-order valence-corrected chi connectivity index (χ0v) is 14.1. The van der Waals surface area contributed by atoms with E-state index in [2.05, 4.69) is 25.9 Å². The first-order valence-electron chi connectivity index (χ1n) is 6.27. The lowest BCUT2D eigenvalue weighted by molar-refractivity contribution is 0.584. The first-order chi connectivity index (χ1) is 9.88. The maximum absolute atomic E-state index is 12.1. The first-order valence-corrected chi connectivity index (χ1v) is 8.55. The third-order valence-corrected chi connectivity index (χ3v) is 4.65. The van der Waals surface area contributed by atoms with Gasteiger partial charge in [0, 0.05) is 4.47 Å². The monoisotopic (exact) mass is 366 g/mol. The quantitative estimate of drug-likeness (QED) is 0.665. The number of benzene rings is 2. The summed E-state index contributed by atoms with van der Waals surface area (Å²) in [7, 11) is -3.65.